The van der Waals surface area contributed by atoms with E-state index in [1.54, 1.807) is 0 Å². The van der Waals surface area contributed by atoms with Gasteiger partial charge in [-0.3, -0.25) is 0 Å². The largest absolute Gasteiger partial charge is 0.381 e. The first-order chi connectivity index (χ1) is 6.79. The zero-order chi connectivity index (χ0) is 9.97. The minimum absolute atomic E-state index is 0.624. The summed E-state index contributed by atoms with van der Waals surface area (Å²) in [5.74, 6) is 0. The standard InChI is InChI=1S/C11H11BrN2/c12-10-6-8(7-13)4-5-11(10)14-9-2-1-3-9/h4-6,9,14H,1-3H2. The van der Waals surface area contributed by atoms with E-state index in [4.69, 9.17) is 5.26 Å². The monoisotopic (exact) mass is 250 g/mol. The maximum absolute atomic E-state index is 8.70. The molecular formula is C11H11BrN2. The average molecular weight is 251 g/mol. The smallest absolute Gasteiger partial charge is 0.0992 e. The lowest BCUT2D eigenvalue weighted by atomic mass is 9.93. The summed E-state index contributed by atoms with van der Waals surface area (Å²) in [4.78, 5) is 0. The quantitative estimate of drug-likeness (QED) is 0.875. The Morgan fingerprint density at radius 3 is 2.71 bits per heavy atom. The summed E-state index contributed by atoms with van der Waals surface area (Å²) in [6.45, 7) is 0. The van der Waals surface area contributed by atoms with Gasteiger partial charge in [-0.25, -0.2) is 0 Å². The van der Waals surface area contributed by atoms with Crippen molar-refractivity contribution in [3.05, 3.63) is 28.2 Å². The highest BCUT2D eigenvalue weighted by Crippen LogP contribution is 2.28. The van der Waals surface area contributed by atoms with Crippen LogP contribution in [0.5, 0.6) is 0 Å². The molecule has 1 saturated carbocycles. The molecule has 0 aromatic heterocycles. The molecule has 0 amide bonds. The van der Waals surface area contributed by atoms with Gasteiger partial charge in [0.1, 0.15) is 0 Å². The van der Waals surface area contributed by atoms with Crippen LogP contribution in [-0.4, -0.2) is 6.04 Å². The molecule has 1 aromatic rings. The van der Waals surface area contributed by atoms with Gasteiger partial charge in [-0.2, -0.15) is 5.26 Å². The maximum atomic E-state index is 8.70. The Balaban J connectivity index is 2.14. The fraction of sp³-hybridized carbons (Fsp3) is 0.364. The Labute approximate surface area is 92.1 Å². The van der Waals surface area contributed by atoms with Crippen molar-refractivity contribution in [1.82, 2.24) is 0 Å². The summed E-state index contributed by atoms with van der Waals surface area (Å²) < 4.78 is 0.975. The van der Waals surface area contributed by atoms with Crippen LogP contribution in [0.3, 0.4) is 0 Å². The predicted molar refractivity (Wildman–Crippen MR) is 60.1 cm³/mol. The molecule has 0 heterocycles. The summed E-state index contributed by atoms with van der Waals surface area (Å²) in [6, 6.07) is 8.39. The molecule has 0 saturated heterocycles. The number of benzene rings is 1. The van der Waals surface area contributed by atoms with Gasteiger partial charge in [0.15, 0.2) is 0 Å². The van der Waals surface area contributed by atoms with Crippen molar-refractivity contribution in [2.75, 3.05) is 5.32 Å². The lowest BCUT2D eigenvalue weighted by molar-refractivity contribution is 0.445. The van der Waals surface area contributed by atoms with Crippen molar-refractivity contribution in [2.24, 2.45) is 0 Å². The fourth-order valence-electron chi connectivity index (χ4n) is 1.47. The normalized spacial score (nSPS) is 15.7. The van der Waals surface area contributed by atoms with E-state index in [1.165, 1.54) is 19.3 Å². The second-order valence-corrected chi connectivity index (χ2v) is 4.43. The van der Waals surface area contributed by atoms with E-state index in [0.29, 0.717) is 11.6 Å². The van der Waals surface area contributed by atoms with Crippen LogP contribution in [0.25, 0.3) is 0 Å². The van der Waals surface area contributed by atoms with Gasteiger partial charge in [-0.15, -0.1) is 0 Å². The van der Waals surface area contributed by atoms with E-state index in [-0.39, 0.29) is 0 Å². The third kappa shape index (κ3) is 1.91. The molecule has 1 N–H and O–H groups in total. The van der Waals surface area contributed by atoms with E-state index < -0.39 is 0 Å². The molecule has 1 aliphatic carbocycles. The van der Waals surface area contributed by atoms with E-state index in [1.807, 2.05) is 18.2 Å². The number of anilines is 1. The van der Waals surface area contributed by atoms with Crippen molar-refractivity contribution in [3.8, 4) is 6.07 Å². The van der Waals surface area contributed by atoms with Crippen LogP contribution in [0.2, 0.25) is 0 Å². The van der Waals surface area contributed by atoms with Gasteiger partial charge < -0.3 is 5.32 Å². The van der Waals surface area contributed by atoms with Crippen molar-refractivity contribution in [3.63, 3.8) is 0 Å². The van der Waals surface area contributed by atoms with Crippen LogP contribution in [0.15, 0.2) is 22.7 Å². The summed E-state index contributed by atoms with van der Waals surface area (Å²) >= 11 is 3.46. The Hall–Kier alpha value is -1.01. The van der Waals surface area contributed by atoms with E-state index in [9.17, 15) is 0 Å². The molecule has 14 heavy (non-hydrogen) atoms. The highest BCUT2D eigenvalue weighted by Gasteiger charge is 2.17. The molecule has 0 atom stereocenters. The summed E-state index contributed by atoms with van der Waals surface area (Å²) in [5, 5.41) is 12.1. The zero-order valence-corrected chi connectivity index (χ0v) is 9.34. The minimum Gasteiger partial charge on any atom is -0.381 e. The Kier molecular flexibility index (Phi) is 2.74. The number of halogens is 1. The number of hydrogen-bond acceptors (Lipinski definition) is 2. The first-order valence-electron chi connectivity index (χ1n) is 4.76. The molecule has 1 fully saturated rings. The summed E-state index contributed by atoms with van der Waals surface area (Å²) in [5.41, 5.74) is 1.78. The first-order valence-corrected chi connectivity index (χ1v) is 5.55. The van der Waals surface area contributed by atoms with E-state index in [2.05, 4.69) is 27.3 Å². The minimum atomic E-state index is 0.624. The van der Waals surface area contributed by atoms with Gasteiger partial charge in [-0.05, 0) is 53.4 Å². The van der Waals surface area contributed by atoms with Crippen LogP contribution in [0, 0.1) is 11.3 Å². The highest BCUT2D eigenvalue weighted by molar-refractivity contribution is 9.10. The molecule has 0 radical (unpaired) electrons. The van der Waals surface area contributed by atoms with Crippen molar-refractivity contribution in [2.45, 2.75) is 25.3 Å². The number of nitrogens with zero attached hydrogens (tertiary/aromatic N) is 1. The topological polar surface area (TPSA) is 35.8 Å². The SMILES string of the molecule is N#Cc1ccc(NC2CCC2)c(Br)c1. The molecule has 72 valence electrons. The molecule has 0 spiro atoms. The molecular weight excluding hydrogens is 240 g/mol. The second-order valence-electron chi connectivity index (χ2n) is 3.58. The van der Waals surface area contributed by atoms with Crippen LogP contribution in [0.1, 0.15) is 24.8 Å². The zero-order valence-electron chi connectivity index (χ0n) is 7.76. The summed E-state index contributed by atoms with van der Waals surface area (Å²) in [7, 11) is 0. The van der Waals surface area contributed by atoms with Gasteiger partial charge in [-0.1, -0.05) is 0 Å². The van der Waals surface area contributed by atoms with Crippen LogP contribution < -0.4 is 5.32 Å². The Morgan fingerprint density at radius 2 is 2.21 bits per heavy atom. The van der Waals surface area contributed by atoms with Crippen molar-refractivity contribution >= 4 is 21.6 Å². The molecule has 1 aromatic carbocycles. The maximum Gasteiger partial charge on any atom is 0.0992 e. The number of nitriles is 1. The third-order valence-electron chi connectivity index (χ3n) is 2.56. The van der Waals surface area contributed by atoms with Crippen molar-refractivity contribution < 1.29 is 0 Å². The predicted octanol–water partition coefficient (Wildman–Crippen LogP) is 3.29. The lowest BCUT2D eigenvalue weighted by Gasteiger charge is -2.28. The molecule has 0 aliphatic heterocycles. The van der Waals surface area contributed by atoms with E-state index in [0.717, 1.165) is 10.2 Å². The van der Waals surface area contributed by atoms with Gasteiger partial charge in [0.25, 0.3) is 0 Å². The number of rotatable bonds is 2. The Bertz CT molecular complexity index is 377. The van der Waals surface area contributed by atoms with Crippen molar-refractivity contribution in [1.29, 1.82) is 5.26 Å². The van der Waals surface area contributed by atoms with Crippen LogP contribution in [-0.2, 0) is 0 Å². The number of hydrogen-bond donors (Lipinski definition) is 1. The van der Waals surface area contributed by atoms with E-state index >= 15 is 0 Å². The first kappa shape index (κ1) is 9.54. The number of nitrogens with one attached hydrogen (secondary N) is 1. The van der Waals surface area contributed by atoms with Gasteiger partial charge in [0.05, 0.1) is 11.6 Å². The molecule has 3 heteroatoms. The summed E-state index contributed by atoms with van der Waals surface area (Å²) in [6.07, 6.45) is 3.84. The molecule has 1 aliphatic rings. The average Bonchev–Trinajstić information content (AvgIpc) is 2.13. The fourth-order valence-corrected chi connectivity index (χ4v) is 1.97. The van der Waals surface area contributed by atoms with Gasteiger partial charge >= 0.3 is 0 Å². The second kappa shape index (κ2) is 4.02. The van der Waals surface area contributed by atoms with Crippen LogP contribution >= 0.6 is 15.9 Å². The molecule has 0 bridgehead atoms. The van der Waals surface area contributed by atoms with Gasteiger partial charge in [0.2, 0.25) is 0 Å². The van der Waals surface area contributed by atoms with Gasteiger partial charge in [0, 0.05) is 16.2 Å². The Morgan fingerprint density at radius 1 is 1.43 bits per heavy atom. The molecule has 2 nitrogen and oxygen atoms in total. The molecule has 2 rings (SSSR count). The highest BCUT2D eigenvalue weighted by atomic mass is 79.9. The van der Waals surface area contributed by atoms with Crippen LogP contribution in [0.4, 0.5) is 5.69 Å². The lowest BCUT2D eigenvalue weighted by Crippen LogP contribution is -2.27. The third-order valence-corrected chi connectivity index (χ3v) is 3.22. The molecule has 0 unspecified atom stereocenters.